The van der Waals surface area contributed by atoms with E-state index in [1.165, 1.54) is 30.3 Å². The molecule has 3 aromatic rings. The Bertz CT molecular complexity index is 923. The summed E-state index contributed by atoms with van der Waals surface area (Å²) in [5.74, 6) is -3.02. The summed E-state index contributed by atoms with van der Waals surface area (Å²) in [7, 11) is 0. The van der Waals surface area contributed by atoms with Crippen molar-refractivity contribution in [2.24, 2.45) is 0 Å². The Morgan fingerprint density at radius 1 is 1.15 bits per heavy atom. The van der Waals surface area contributed by atoms with Crippen LogP contribution >= 0.6 is 0 Å². The number of nitrogens with zero attached hydrogens (tertiary/aromatic N) is 3. The van der Waals surface area contributed by atoms with Crippen LogP contribution in [0.5, 0.6) is 5.75 Å². The van der Waals surface area contributed by atoms with Crippen molar-refractivity contribution < 1.29 is 31.6 Å². The fourth-order valence-electron chi connectivity index (χ4n) is 1.93. The van der Waals surface area contributed by atoms with Gasteiger partial charge in [-0.15, -0.1) is 0 Å². The van der Waals surface area contributed by atoms with E-state index < -0.39 is 30.3 Å². The van der Waals surface area contributed by atoms with Gasteiger partial charge in [0, 0.05) is 11.8 Å². The number of pyridine rings is 1. The molecule has 6 nitrogen and oxygen atoms in total. The average Bonchev–Trinajstić information content (AvgIpc) is 3.11. The lowest BCUT2D eigenvalue weighted by Gasteiger charge is -2.06. The van der Waals surface area contributed by atoms with Crippen molar-refractivity contribution >= 4 is 5.78 Å². The van der Waals surface area contributed by atoms with E-state index in [9.17, 15) is 22.4 Å². The van der Waals surface area contributed by atoms with E-state index in [4.69, 9.17) is 4.74 Å². The summed E-state index contributed by atoms with van der Waals surface area (Å²) >= 11 is 0. The van der Waals surface area contributed by atoms with Crippen molar-refractivity contribution in [1.82, 2.24) is 15.1 Å². The highest BCUT2D eigenvalue weighted by molar-refractivity contribution is 5.95. The first kappa shape index (κ1) is 17.5. The van der Waals surface area contributed by atoms with Gasteiger partial charge in [0.1, 0.15) is 5.69 Å². The fourth-order valence-corrected chi connectivity index (χ4v) is 1.93. The van der Waals surface area contributed by atoms with Crippen LogP contribution in [0.15, 0.2) is 47.1 Å². The Labute approximate surface area is 143 Å². The molecule has 2 heterocycles. The first-order valence-electron chi connectivity index (χ1n) is 7.12. The van der Waals surface area contributed by atoms with Gasteiger partial charge in [-0.2, -0.15) is 18.2 Å². The molecule has 0 saturated carbocycles. The van der Waals surface area contributed by atoms with Gasteiger partial charge in [0.15, 0.2) is 18.2 Å². The summed E-state index contributed by atoms with van der Waals surface area (Å²) in [4.78, 5) is 19.1. The van der Waals surface area contributed by atoms with E-state index in [2.05, 4.69) is 19.6 Å². The second-order valence-electron chi connectivity index (χ2n) is 5.00. The third kappa shape index (κ3) is 3.85. The van der Waals surface area contributed by atoms with Gasteiger partial charge in [-0.1, -0.05) is 17.3 Å². The molecule has 0 aliphatic rings. The molecule has 0 aliphatic heterocycles. The first-order chi connectivity index (χ1) is 12.3. The zero-order chi connectivity index (χ0) is 18.7. The highest BCUT2D eigenvalue weighted by Crippen LogP contribution is 2.29. The van der Waals surface area contributed by atoms with Gasteiger partial charge in [-0.3, -0.25) is 9.78 Å². The molecule has 0 radical (unpaired) electrons. The maximum absolute atomic E-state index is 13.4. The lowest BCUT2D eigenvalue weighted by Crippen LogP contribution is -2.13. The number of benzene rings is 1. The van der Waals surface area contributed by atoms with E-state index in [0.29, 0.717) is 0 Å². The normalized spacial score (nSPS) is 11.4. The van der Waals surface area contributed by atoms with Crippen LogP contribution in [-0.4, -0.2) is 27.5 Å². The number of Topliss-reactive ketones (excluding diaryl/α,β-unsaturated/α-hetero) is 1. The highest BCUT2D eigenvalue weighted by atomic mass is 19.4. The Kier molecular flexibility index (Phi) is 4.65. The Morgan fingerprint density at radius 3 is 2.54 bits per heavy atom. The molecular weight excluding hydrogens is 358 g/mol. The van der Waals surface area contributed by atoms with Crippen LogP contribution in [0, 0.1) is 5.82 Å². The van der Waals surface area contributed by atoms with Gasteiger partial charge in [0.05, 0.1) is 0 Å². The first-order valence-corrected chi connectivity index (χ1v) is 7.12. The largest absolute Gasteiger partial charge is 0.482 e. The zero-order valence-corrected chi connectivity index (χ0v) is 12.8. The van der Waals surface area contributed by atoms with E-state index in [1.54, 1.807) is 6.07 Å². The minimum Gasteiger partial charge on any atom is -0.482 e. The topological polar surface area (TPSA) is 78.1 Å². The second-order valence-corrected chi connectivity index (χ2v) is 5.00. The summed E-state index contributed by atoms with van der Waals surface area (Å²) in [6.07, 6.45) is -3.63. The highest BCUT2D eigenvalue weighted by Gasteiger charge is 2.38. The minimum atomic E-state index is -4.75. The van der Waals surface area contributed by atoms with Crippen molar-refractivity contribution in [1.29, 1.82) is 0 Å². The fraction of sp³-hybridized carbons (Fsp3) is 0.125. The molecule has 3 rings (SSSR count). The monoisotopic (exact) mass is 367 g/mol. The predicted molar refractivity (Wildman–Crippen MR) is 78.8 cm³/mol. The minimum absolute atomic E-state index is 0.00960. The SMILES string of the molecule is O=C(COc1ccccc1F)c1ccc(-c2noc(C(F)(F)F)n2)cn1. The van der Waals surface area contributed by atoms with Crippen LogP contribution in [0.2, 0.25) is 0 Å². The molecule has 0 aliphatic carbocycles. The van der Waals surface area contributed by atoms with Crippen molar-refractivity contribution in [2.45, 2.75) is 6.18 Å². The van der Waals surface area contributed by atoms with Crippen LogP contribution in [0.3, 0.4) is 0 Å². The van der Waals surface area contributed by atoms with Gasteiger partial charge < -0.3 is 9.26 Å². The zero-order valence-electron chi connectivity index (χ0n) is 12.8. The maximum Gasteiger partial charge on any atom is 0.471 e. The molecule has 134 valence electrons. The molecule has 0 spiro atoms. The molecule has 0 saturated heterocycles. The van der Waals surface area contributed by atoms with E-state index in [-0.39, 0.29) is 22.8 Å². The average molecular weight is 367 g/mol. The number of hydrogen-bond acceptors (Lipinski definition) is 6. The smallest absolute Gasteiger partial charge is 0.471 e. The van der Waals surface area contributed by atoms with Crippen LogP contribution in [-0.2, 0) is 6.18 Å². The Balaban J connectivity index is 1.68. The molecule has 0 atom stereocenters. The number of aromatic nitrogens is 3. The molecule has 0 amide bonds. The lowest BCUT2D eigenvalue weighted by molar-refractivity contribution is -0.159. The van der Waals surface area contributed by atoms with E-state index in [0.717, 1.165) is 6.20 Å². The molecule has 2 aromatic heterocycles. The number of para-hydroxylation sites is 1. The maximum atomic E-state index is 13.4. The number of carbonyl (C=O) groups is 1. The summed E-state index contributed by atoms with van der Waals surface area (Å²) in [5, 5.41) is 3.22. The van der Waals surface area contributed by atoms with Crippen molar-refractivity contribution in [3.63, 3.8) is 0 Å². The lowest BCUT2D eigenvalue weighted by atomic mass is 10.2. The number of alkyl halides is 3. The molecule has 0 N–H and O–H groups in total. The standard InChI is InChI=1S/C16H9F4N3O3/c17-10-3-1-2-4-13(10)25-8-12(24)11-6-5-9(7-21-11)14-22-15(26-23-14)16(18,19)20/h1-7H,8H2. The van der Waals surface area contributed by atoms with Crippen molar-refractivity contribution in [2.75, 3.05) is 6.61 Å². The molecular formula is C16H9F4N3O3. The third-order valence-electron chi connectivity index (χ3n) is 3.17. The molecule has 0 fully saturated rings. The van der Waals surface area contributed by atoms with Crippen LogP contribution in [0.1, 0.15) is 16.4 Å². The summed E-state index contributed by atoms with van der Waals surface area (Å²) < 4.78 is 59.9. The van der Waals surface area contributed by atoms with Crippen molar-refractivity contribution in [3.05, 3.63) is 60.0 Å². The number of ether oxygens (including phenoxy) is 1. The molecule has 1 aromatic carbocycles. The Hall–Kier alpha value is -3.30. The molecule has 10 heteroatoms. The van der Waals surface area contributed by atoms with Gasteiger partial charge in [0.2, 0.25) is 11.6 Å². The number of carbonyl (C=O) groups excluding carboxylic acids is 1. The molecule has 0 unspecified atom stereocenters. The quantitative estimate of drug-likeness (QED) is 0.507. The van der Waals surface area contributed by atoms with Crippen LogP contribution in [0.25, 0.3) is 11.4 Å². The summed E-state index contributed by atoms with van der Waals surface area (Å²) in [5.41, 5.74) is 0.125. The van der Waals surface area contributed by atoms with E-state index in [1.807, 2.05) is 0 Å². The van der Waals surface area contributed by atoms with Gasteiger partial charge >= 0.3 is 12.1 Å². The van der Waals surface area contributed by atoms with Crippen molar-refractivity contribution in [3.8, 4) is 17.1 Å². The van der Waals surface area contributed by atoms with Gasteiger partial charge in [-0.25, -0.2) is 4.39 Å². The summed E-state index contributed by atoms with van der Waals surface area (Å²) in [6, 6.07) is 8.17. The number of halogens is 4. The Morgan fingerprint density at radius 2 is 1.92 bits per heavy atom. The predicted octanol–water partition coefficient (Wildman–Crippen LogP) is 3.55. The number of ketones is 1. The third-order valence-corrected chi connectivity index (χ3v) is 3.17. The summed E-state index contributed by atoms with van der Waals surface area (Å²) in [6.45, 7) is -0.451. The number of hydrogen-bond donors (Lipinski definition) is 0. The number of rotatable bonds is 5. The van der Waals surface area contributed by atoms with Gasteiger partial charge in [0.25, 0.3) is 0 Å². The van der Waals surface area contributed by atoms with Crippen LogP contribution < -0.4 is 4.74 Å². The molecule has 26 heavy (non-hydrogen) atoms. The van der Waals surface area contributed by atoms with E-state index >= 15 is 0 Å². The second kappa shape index (κ2) is 6.90. The molecule has 0 bridgehead atoms. The van der Waals surface area contributed by atoms with Gasteiger partial charge in [-0.05, 0) is 24.3 Å². The van der Waals surface area contributed by atoms with Crippen LogP contribution in [0.4, 0.5) is 17.6 Å².